The summed E-state index contributed by atoms with van der Waals surface area (Å²) in [6, 6.07) is 0. The van der Waals surface area contributed by atoms with Crippen molar-refractivity contribution in [1.82, 2.24) is 0 Å². The summed E-state index contributed by atoms with van der Waals surface area (Å²) in [5.41, 5.74) is 0. The Morgan fingerprint density at radius 2 is 1.45 bits per heavy atom. The van der Waals surface area contributed by atoms with Crippen molar-refractivity contribution in [3.05, 3.63) is 0 Å². The molecule has 0 rings (SSSR count). The third-order valence-corrected chi connectivity index (χ3v) is 1.96. The second-order valence-corrected chi connectivity index (χ2v) is 3.31. The first kappa shape index (κ1) is 13.8. The molecule has 0 aromatic rings. The summed E-state index contributed by atoms with van der Waals surface area (Å²) >= 11 is 3.39. The molecule has 11 heavy (non-hydrogen) atoms. The van der Waals surface area contributed by atoms with E-state index in [4.69, 9.17) is 4.66 Å². The van der Waals surface area contributed by atoms with E-state index in [1.54, 1.807) is 0 Å². The molecule has 70 valence electrons. The Kier molecular flexibility index (Phi) is 12.9. The van der Waals surface area contributed by atoms with Crippen molar-refractivity contribution in [2.45, 2.75) is 47.0 Å². The van der Waals surface area contributed by atoms with E-state index >= 15 is 0 Å². The van der Waals surface area contributed by atoms with Gasteiger partial charge in [0.25, 0.3) is 0 Å². The molecule has 0 bridgehead atoms. The van der Waals surface area contributed by atoms with Crippen LogP contribution in [0, 0.1) is 11.8 Å². The molecular formula is C9H20ClO-. The summed E-state index contributed by atoms with van der Waals surface area (Å²) in [6.45, 7) is 9.18. The fourth-order valence-electron chi connectivity index (χ4n) is 1.29. The van der Waals surface area contributed by atoms with Gasteiger partial charge in [-0.05, 0) is 18.3 Å². The second kappa shape index (κ2) is 10.2. The maximum atomic E-state index is 7.72. The smallest absolute Gasteiger partial charge is 0.0417 e. The van der Waals surface area contributed by atoms with Gasteiger partial charge in [0.15, 0.2) is 0 Å². The third kappa shape index (κ3) is 10.2. The zero-order valence-corrected chi connectivity index (χ0v) is 8.82. The number of hydrogen-bond acceptors (Lipinski definition) is 1. The molecule has 0 aromatic carbocycles. The zero-order valence-electron chi connectivity index (χ0n) is 8.06. The molecule has 1 nitrogen and oxygen atoms in total. The van der Waals surface area contributed by atoms with Crippen LogP contribution in [0.5, 0.6) is 0 Å². The van der Waals surface area contributed by atoms with Crippen molar-refractivity contribution in [1.29, 1.82) is 0 Å². The van der Waals surface area contributed by atoms with E-state index in [1.807, 2.05) is 0 Å². The first-order valence-electron chi connectivity index (χ1n) is 4.36. The van der Waals surface area contributed by atoms with Gasteiger partial charge in [-0.3, -0.25) is 0 Å². The van der Waals surface area contributed by atoms with Crippen LogP contribution in [-0.2, 0) is 0 Å². The SMILES string of the molecule is CCC(CC)CC(C)C.[O-]Cl. The quantitative estimate of drug-likeness (QED) is 0.651. The summed E-state index contributed by atoms with van der Waals surface area (Å²) in [5.74, 6) is 1.86. The monoisotopic (exact) mass is 179 g/mol. The maximum absolute atomic E-state index is 7.72. The summed E-state index contributed by atoms with van der Waals surface area (Å²) in [4.78, 5) is 0. The predicted octanol–water partition coefficient (Wildman–Crippen LogP) is 2.97. The normalized spacial score (nSPS) is 9.82. The molecule has 0 heterocycles. The van der Waals surface area contributed by atoms with Crippen LogP contribution >= 0.6 is 11.9 Å². The van der Waals surface area contributed by atoms with Crippen molar-refractivity contribution in [2.75, 3.05) is 0 Å². The Bertz CT molecular complexity index is 60.6. The van der Waals surface area contributed by atoms with Crippen molar-refractivity contribution in [3.63, 3.8) is 0 Å². The minimum Gasteiger partial charge on any atom is -0.769 e. The van der Waals surface area contributed by atoms with Gasteiger partial charge in [0, 0.05) is 0 Å². The number of rotatable bonds is 4. The van der Waals surface area contributed by atoms with Gasteiger partial charge in [0.2, 0.25) is 0 Å². The highest BCUT2D eigenvalue weighted by Crippen LogP contribution is 2.17. The summed E-state index contributed by atoms with van der Waals surface area (Å²) in [6.07, 6.45) is 4.12. The number of hydrogen-bond donors (Lipinski definition) is 0. The summed E-state index contributed by atoms with van der Waals surface area (Å²) in [7, 11) is 0. The van der Waals surface area contributed by atoms with E-state index in [2.05, 4.69) is 39.6 Å². The molecule has 0 aromatic heterocycles. The number of halogens is 1. The third-order valence-electron chi connectivity index (χ3n) is 1.96. The Labute approximate surface area is 75.9 Å². The summed E-state index contributed by atoms with van der Waals surface area (Å²) < 4.78 is 7.72. The Morgan fingerprint density at radius 3 is 1.55 bits per heavy atom. The molecular weight excluding hydrogens is 160 g/mol. The highest BCUT2D eigenvalue weighted by atomic mass is 35.5. The fourth-order valence-corrected chi connectivity index (χ4v) is 1.29. The van der Waals surface area contributed by atoms with E-state index in [-0.39, 0.29) is 0 Å². The molecule has 0 aliphatic carbocycles. The standard InChI is InChI=1S/C9H20.ClO/c1-5-9(6-2)7-8(3)4;1-2/h8-9H,5-7H2,1-4H3;/q;-1. The molecule has 0 aliphatic heterocycles. The lowest BCUT2D eigenvalue weighted by Crippen LogP contribution is -2.00. The Balaban J connectivity index is 0. The minimum atomic E-state index is 0.884. The fraction of sp³-hybridized carbons (Fsp3) is 1.00. The first-order chi connectivity index (χ1) is 5.20. The van der Waals surface area contributed by atoms with Crippen molar-refractivity contribution in [2.24, 2.45) is 11.8 Å². The molecule has 0 amide bonds. The molecule has 0 saturated heterocycles. The van der Waals surface area contributed by atoms with Crippen LogP contribution in [0.15, 0.2) is 0 Å². The topological polar surface area (TPSA) is 23.1 Å². The van der Waals surface area contributed by atoms with Crippen LogP contribution in [0.25, 0.3) is 0 Å². The average molecular weight is 180 g/mol. The Hall–Kier alpha value is 0.250. The molecule has 0 fully saturated rings. The average Bonchev–Trinajstić information content (AvgIpc) is 2.03. The molecule has 0 spiro atoms. The van der Waals surface area contributed by atoms with E-state index in [0.717, 1.165) is 11.8 Å². The molecule has 0 saturated carbocycles. The lowest BCUT2D eigenvalue weighted by molar-refractivity contribution is -0.166. The van der Waals surface area contributed by atoms with Crippen LogP contribution < -0.4 is 4.66 Å². The highest BCUT2D eigenvalue weighted by Gasteiger charge is 2.04. The van der Waals surface area contributed by atoms with Gasteiger partial charge in [-0.15, -0.1) is 0 Å². The van der Waals surface area contributed by atoms with Gasteiger partial charge in [-0.25, -0.2) is 11.9 Å². The highest BCUT2D eigenvalue weighted by molar-refractivity contribution is 6.02. The summed E-state index contributed by atoms with van der Waals surface area (Å²) in [5, 5.41) is 0. The predicted molar refractivity (Wildman–Crippen MR) is 49.4 cm³/mol. The minimum absolute atomic E-state index is 0.884. The van der Waals surface area contributed by atoms with Gasteiger partial charge >= 0.3 is 0 Å². The lowest BCUT2D eigenvalue weighted by atomic mass is 9.93. The van der Waals surface area contributed by atoms with Crippen LogP contribution in [0.2, 0.25) is 0 Å². The van der Waals surface area contributed by atoms with Crippen LogP contribution in [0.4, 0.5) is 0 Å². The van der Waals surface area contributed by atoms with Crippen molar-refractivity contribution < 1.29 is 4.66 Å². The first-order valence-corrected chi connectivity index (χ1v) is 4.66. The van der Waals surface area contributed by atoms with Gasteiger partial charge in [0.1, 0.15) is 0 Å². The molecule has 0 aliphatic rings. The Morgan fingerprint density at radius 1 is 1.09 bits per heavy atom. The van der Waals surface area contributed by atoms with Crippen LogP contribution in [0.3, 0.4) is 0 Å². The van der Waals surface area contributed by atoms with E-state index < -0.39 is 0 Å². The lowest BCUT2D eigenvalue weighted by Gasteiger charge is -2.13. The second-order valence-electron chi connectivity index (χ2n) is 3.31. The largest absolute Gasteiger partial charge is 0.769 e. The zero-order chi connectivity index (χ0) is 9.28. The van der Waals surface area contributed by atoms with E-state index in [0.29, 0.717) is 0 Å². The maximum Gasteiger partial charge on any atom is -0.0417 e. The van der Waals surface area contributed by atoms with Gasteiger partial charge in [-0.1, -0.05) is 40.5 Å². The van der Waals surface area contributed by atoms with E-state index in [9.17, 15) is 0 Å². The molecule has 0 radical (unpaired) electrons. The van der Waals surface area contributed by atoms with Gasteiger partial charge in [0.05, 0.1) is 0 Å². The molecule has 0 atom stereocenters. The van der Waals surface area contributed by atoms with Crippen LogP contribution in [-0.4, -0.2) is 0 Å². The van der Waals surface area contributed by atoms with Crippen LogP contribution in [0.1, 0.15) is 47.0 Å². The van der Waals surface area contributed by atoms with Gasteiger partial charge < -0.3 is 4.66 Å². The van der Waals surface area contributed by atoms with Gasteiger partial charge in [-0.2, -0.15) is 0 Å². The molecule has 0 unspecified atom stereocenters. The molecule has 2 heteroatoms. The van der Waals surface area contributed by atoms with Crippen molar-refractivity contribution in [3.8, 4) is 0 Å². The molecule has 0 N–H and O–H groups in total. The van der Waals surface area contributed by atoms with Crippen molar-refractivity contribution >= 4 is 11.9 Å². The van der Waals surface area contributed by atoms with E-state index in [1.165, 1.54) is 19.3 Å².